The van der Waals surface area contributed by atoms with E-state index in [4.69, 9.17) is 4.74 Å². The second-order valence-electron chi connectivity index (χ2n) is 6.86. The molecule has 0 radical (unpaired) electrons. The number of ether oxygens (including phenoxy) is 1. The van der Waals surface area contributed by atoms with E-state index in [1.54, 1.807) is 0 Å². The zero-order valence-electron chi connectivity index (χ0n) is 11.6. The lowest BCUT2D eigenvalue weighted by atomic mass is 9.79. The van der Waals surface area contributed by atoms with Crippen molar-refractivity contribution in [1.29, 1.82) is 0 Å². The van der Waals surface area contributed by atoms with Crippen molar-refractivity contribution in [2.45, 2.75) is 39.2 Å². The molecule has 4 nitrogen and oxygen atoms in total. The van der Waals surface area contributed by atoms with E-state index in [-0.39, 0.29) is 5.54 Å². The van der Waals surface area contributed by atoms with Crippen LogP contribution in [0.3, 0.4) is 0 Å². The van der Waals surface area contributed by atoms with Crippen molar-refractivity contribution >= 4 is 5.71 Å². The van der Waals surface area contributed by atoms with Crippen LogP contribution in [0.2, 0.25) is 0 Å². The Hall–Kier alpha value is -0.610. The maximum Gasteiger partial charge on any atom is 0.0773 e. The summed E-state index contributed by atoms with van der Waals surface area (Å²) in [4.78, 5) is 2.45. The zero-order valence-corrected chi connectivity index (χ0v) is 11.6. The minimum atomic E-state index is -0.0620. The van der Waals surface area contributed by atoms with Crippen LogP contribution >= 0.6 is 0 Å². The molecule has 1 saturated heterocycles. The van der Waals surface area contributed by atoms with E-state index in [0.717, 1.165) is 56.7 Å². The molecule has 0 bridgehead atoms. The molecule has 1 heterocycles. The molecule has 3 aliphatic rings. The molecule has 3 unspecified atom stereocenters. The van der Waals surface area contributed by atoms with E-state index in [1.807, 2.05) is 0 Å². The van der Waals surface area contributed by atoms with Crippen molar-refractivity contribution in [2.24, 2.45) is 22.4 Å². The SMILES string of the molecule is CC1(C)C2C/C(=N\O)C(C)(N3CCOCC3)CC21. The molecule has 3 fully saturated rings. The summed E-state index contributed by atoms with van der Waals surface area (Å²) in [6, 6.07) is 0. The average molecular weight is 252 g/mol. The highest BCUT2D eigenvalue weighted by atomic mass is 16.5. The highest BCUT2D eigenvalue weighted by Crippen LogP contribution is 2.66. The molecule has 0 aromatic heterocycles. The molecular formula is C14H24N2O2. The third-order valence-corrected chi connectivity index (χ3v) is 5.77. The summed E-state index contributed by atoms with van der Waals surface area (Å²) in [7, 11) is 0. The molecule has 0 aromatic carbocycles. The van der Waals surface area contributed by atoms with Gasteiger partial charge in [-0.05, 0) is 37.0 Å². The van der Waals surface area contributed by atoms with E-state index in [2.05, 4.69) is 30.8 Å². The molecule has 2 saturated carbocycles. The Morgan fingerprint density at radius 1 is 1.22 bits per heavy atom. The van der Waals surface area contributed by atoms with Gasteiger partial charge in [0.1, 0.15) is 0 Å². The van der Waals surface area contributed by atoms with Gasteiger partial charge < -0.3 is 9.94 Å². The zero-order chi connectivity index (χ0) is 13.0. The van der Waals surface area contributed by atoms with E-state index in [9.17, 15) is 5.21 Å². The van der Waals surface area contributed by atoms with Crippen LogP contribution in [-0.2, 0) is 4.74 Å². The van der Waals surface area contributed by atoms with Crippen molar-refractivity contribution in [1.82, 2.24) is 4.90 Å². The van der Waals surface area contributed by atoms with Crippen molar-refractivity contribution in [3.8, 4) is 0 Å². The Morgan fingerprint density at radius 2 is 1.89 bits per heavy atom. The van der Waals surface area contributed by atoms with Gasteiger partial charge in [-0.2, -0.15) is 0 Å². The Morgan fingerprint density at radius 3 is 2.50 bits per heavy atom. The third-order valence-electron chi connectivity index (χ3n) is 5.77. The molecule has 2 aliphatic carbocycles. The summed E-state index contributed by atoms with van der Waals surface area (Å²) in [5, 5.41) is 13.0. The van der Waals surface area contributed by atoms with Crippen LogP contribution < -0.4 is 0 Å². The molecule has 4 heteroatoms. The Bertz CT molecular complexity index is 374. The van der Waals surface area contributed by atoms with Crippen LogP contribution in [-0.4, -0.2) is 47.7 Å². The second kappa shape index (κ2) is 3.94. The molecular weight excluding hydrogens is 228 g/mol. The fourth-order valence-corrected chi connectivity index (χ4v) is 4.16. The van der Waals surface area contributed by atoms with Gasteiger partial charge >= 0.3 is 0 Å². The van der Waals surface area contributed by atoms with E-state index in [1.165, 1.54) is 0 Å². The molecule has 1 aliphatic heterocycles. The number of rotatable bonds is 1. The van der Waals surface area contributed by atoms with E-state index in [0.29, 0.717) is 5.41 Å². The number of nitrogens with zero attached hydrogens (tertiary/aromatic N) is 2. The van der Waals surface area contributed by atoms with Crippen LogP contribution in [0.4, 0.5) is 0 Å². The van der Waals surface area contributed by atoms with Crippen molar-refractivity contribution in [3.05, 3.63) is 0 Å². The first-order valence-electron chi connectivity index (χ1n) is 7.04. The lowest BCUT2D eigenvalue weighted by Gasteiger charge is -2.45. The van der Waals surface area contributed by atoms with Crippen LogP contribution in [0.5, 0.6) is 0 Å². The van der Waals surface area contributed by atoms with Crippen LogP contribution in [0.25, 0.3) is 0 Å². The minimum absolute atomic E-state index is 0.0620. The fourth-order valence-electron chi connectivity index (χ4n) is 4.16. The predicted octanol–water partition coefficient (Wildman–Crippen LogP) is 1.97. The summed E-state index contributed by atoms with van der Waals surface area (Å²) < 4.78 is 5.44. The Kier molecular flexibility index (Phi) is 2.72. The standard InChI is InChI=1S/C14H24N2O2/c1-13(2)10-8-12(15-17)14(3,9-11(10)13)16-4-6-18-7-5-16/h10-11,17H,4-9H2,1-3H3/b15-12+. The Balaban J connectivity index is 1.84. The lowest BCUT2D eigenvalue weighted by Crippen LogP contribution is -2.57. The van der Waals surface area contributed by atoms with Crippen molar-refractivity contribution in [3.63, 3.8) is 0 Å². The molecule has 18 heavy (non-hydrogen) atoms. The summed E-state index contributed by atoms with van der Waals surface area (Å²) in [6.45, 7) is 10.4. The molecule has 1 N–H and O–H groups in total. The molecule has 0 amide bonds. The van der Waals surface area contributed by atoms with Gasteiger partial charge in [-0.3, -0.25) is 4.90 Å². The van der Waals surface area contributed by atoms with E-state index >= 15 is 0 Å². The van der Waals surface area contributed by atoms with Crippen molar-refractivity contribution < 1.29 is 9.94 Å². The second-order valence-corrected chi connectivity index (χ2v) is 6.86. The average Bonchev–Trinajstić information content (AvgIpc) is 2.90. The number of morpholine rings is 1. The van der Waals surface area contributed by atoms with E-state index < -0.39 is 0 Å². The molecule has 0 spiro atoms. The summed E-state index contributed by atoms with van der Waals surface area (Å²) in [5.41, 5.74) is 1.35. The number of hydrogen-bond donors (Lipinski definition) is 1. The Labute approximate surface area is 109 Å². The van der Waals surface area contributed by atoms with Crippen LogP contribution in [0.1, 0.15) is 33.6 Å². The quantitative estimate of drug-likeness (QED) is 0.573. The van der Waals surface area contributed by atoms with Gasteiger partial charge in [0.15, 0.2) is 0 Å². The summed E-state index contributed by atoms with van der Waals surface area (Å²) in [5.74, 6) is 1.51. The number of oxime groups is 1. The summed E-state index contributed by atoms with van der Waals surface area (Å²) in [6.07, 6.45) is 2.09. The first kappa shape index (κ1) is 12.4. The topological polar surface area (TPSA) is 45.1 Å². The number of fused-ring (bicyclic) bond motifs is 1. The van der Waals surface area contributed by atoms with Gasteiger partial charge in [-0.1, -0.05) is 19.0 Å². The minimum Gasteiger partial charge on any atom is -0.411 e. The lowest BCUT2D eigenvalue weighted by molar-refractivity contribution is -0.00232. The smallest absolute Gasteiger partial charge is 0.0773 e. The summed E-state index contributed by atoms with van der Waals surface area (Å²) >= 11 is 0. The maximum atomic E-state index is 9.39. The van der Waals surface area contributed by atoms with Gasteiger partial charge in [-0.15, -0.1) is 0 Å². The molecule has 0 aromatic rings. The molecule has 3 rings (SSSR count). The van der Waals surface area contributed by atoms with Gasteiger partial charge in [0.25, 0.3) is 0 Å². The van der Waals surface area contributed by atoms with Gasteiger partial charge in [0.05, 0.1) is 24.5 Å². The maximum absolute atomic E-state index is 9.39. The first-order valence-corrected chi connectivity index (χ1v) is 7.04. The highest BCUT2D eigenvalue weighted by molar-refractivity contribution is 5.94. The van der Waals surface area contributed by atoms with Crippen LogP contribution in [0, 0.1) is 17.3 Å². The fraction of sp³-hybridized carbons (Fsp3) is 0.929. The normalized spacial score (nSPS) is 45.8. The van der Waals surface area contributed by atoms with Gasteiger partial charge in [0, 0.05) is 13.1 Å². The van der Waals surface area contributed by atoms with Gasteiger partial charge in [0.2, 0.25) is 0 Å². The van der Waals surface area contributed by atoms with Gasteiger partial charge in [-0.25, -0.2) is 0 Å². The van der Waals surface area contributed by atoms with Crippen molar-refractivity contribution in [2.75, 3.05) is 26.3 Å². The largest absolute Gasteiger partial charge is 0.411 e. The first-order chi connectivity index (χ1) is 8.50. The molecule has 3 atom stereocenters. The highest BCUT2D eigenvalue weighted by Gasteiger charge is 2.64. The monoisotopic (exact) mass is 252 g/mol. The molecule has 102 valence electrons. The number of hydrogen-bond acceptors (Lipinski definition) is 4. The predicted molar refractivity (Wildman–Crippen MR) is 70.0 cm³/mol. The van der Waals surface area contributed by atoms with Crippen LogP contribution in [0.15, 0.2) is 5.16 Å². The third kappa shape index (κ3) is 1.62.